The number of hydrogen-bond acceptors (Lipinski definition) is 5. The third-order valence-corrected chi connectivity index (χ3v) is 5.23. The highest BCUT2D eigenvalue weighted by molar-refractivity contribution is 9.10. The first-order valence-electron chi connectivity index (χ1n) is 8.87. The lowest BCUT2D eigenvalue weighted by Crippen LogP contribution is -2.25. The van der Waals surface area contributed by atoms with E-state index >= 15 is 0 Å². The molecule has 1 amide bonds. The highest BCUT2D eigenvalue weighted by atomic mass is 79.9. The molecule has 1 N–H and O–H groups in total. The Labute approximate surface area is 173 Å². The number of hydrogen-bond donors (Lipinski definition) is 1. The molecule has 0 saturated heterocycles. The molecule has 1 aliphatic heterocycles. The number of halogens is 1. The zero-order valence-corrected chi connectivity index (χ0v) is 16.6. The van der Waals surface area contributed by atoms with Gasteiger partial charge in [0.25, 0.3) is 11.5 Å². The van der Waals surface area contributed by atoms with Crippen LogP contribution in [0.4, 0.5) is 0 Å². The molecule has 0 atom stereocenters. The SMILES string of the molecule is O=C(NCc1ccc2c(c1)OCO2)c1cccn2c(=O)c3cc(Br)ccc3nc12. The summed E-state index contributed by atoms with van der Waals surface area (Å²) in [6, 6.07) is 14.1. The molecule has 0 bridgehead atoms. The first kappa shape index (κ1) is 17.7. The summed E-state index contributed by atoms with van der Waals surface area (Å²) in [5.41, 5.74) is 1.83. The molecule has 0 fully saturated rings. The van der Waals surface area contributed by atoms with Crippen molar-refractivity contribution in [3.05, 3.63) is 80.7 Å². The summed E-state index contributed by atoms with van der Waals surface area (Å²) in [5.74, 6) is 1.04. The molecule has 2 aromatic carbocycles. The number of amides is 1. The Hall–Kier alpha value is -3.39. The van der Waals surface area contributed by atoms with Gasteiger partial charge in [-0.05, 0) is 48.0 Å². The molecule has 1 aliphatic rings. The van der Waals surface area contributed by atoms with Crippen LogP contribution in [0.3, 0.4) is 0 Å². The van der Waals surface area contributed by atoms with Gasteiger partial charge in [0, 0.05) is 17.2 Å². The molecule has 7 nitrogen and oxygen atoms in total. The molecule has 8 heteroatoms. The van der Waals surface area contributed by atoms with Crippen LogP contribution in [0.1, 0.15) is 15.9 Å². The fraction of sp³-hybridized carbons (Fsp3) is 0.0952. The summed E-state index contributed by atoms with van der Waals surface area (Å²) in [5, 5.41) is 3.36. The lowest BCUT2D eigenvalue weighted by atomic mass is 10.2. The largest absolute Gasteiger partial charge is 0.454 e. The first-order valence-corrected chi connectivity index (χ1v) is 9.67. The third kappa shape index (κ3) is 3.11. The van der Waals surface area contributed by atoms with Crippen molar-refractivity contribution in [2.75, 3.05) is 6.79 Å². The van der Waals surface area contributed by atoms with Crippen LogP contribution in [-0.2, 0) is 6.54 Å². The number of carbonyl (C=O) groups is 1. The van der Waals surface area contributed by atoms with E-state index in [1.165, 1.54) is 4.40 Å². The standard InChI is InChI=1S/C21H14BrN3O4/c22-13-4-5-16-15(9-13)21(27)25-7-1-2-14(19(25)24-16)20(26)23-10-12-3-6-17-18(8-12)29-11-28-17/h1-9H,10-11H2,(H,23,26). The second kappa shape index (κ2) is 6.89. The molecule has 0 unspecified atom stereocenters. The molecule has 29 heavy (non-hydrogen) atoms. The van der Waals surface area contributed by atoms with Gasteiger partial charge >= 0.3 is 0 Å². The maximum atomic E-state index is 12.8. The van der Waals surface area contributed by atoms with E-state index in [0.717, 1.165) is 10.0 Å². The van der Waals surface area contributed by atoms with Gasteiger partial charge in [-0.3, -0.25) is 14.0 Å². The first-order chi connectivity index (χ1) is 14.1. The highest BCUT2D eigenvalue weighted by Gasteiger charge is 2.16. The van der Waals surface area contributed by atoms with Gasteiger partial charge in [0.15, 0.2) is 17.1 Å². The molecule has 0 spiro atoms. The van der Waals surface area contributed by atoms with E-state index in [9.17, 15) is 9.59 Å². The van der Waals surface area contributed by atoms with Crippen LogP contribution in [0.5, 0.6) is 11.5 Å². The fourth-order valence-corrected chi connectivity index (χ4v) is 3.67. The Kier molecular flexibility index (Phi) is 4.21. The Balaban J connectivity index is 1.49. The van der Waals surface area contributed by atoms with Crippen LogP contribution in [0, 0.1) is 0 Å². The maximum Gasteiger partial charge on any atom is 0.265 e. The van der Waals surface area contributed by atoms with E-state index in [2.05, 4.69) is 26.2 Å². The van der Waals surface area contributed by atoms with Crippen molar-refractivity contribution < 1.29 is 14.3 Å². The molecule has 0 radical (unpaired) electrons. The number of fused-ring (bicyclic) bond motifs is 3. The molecular formula is C21H14BrN3O4. The minimum atomic E-state index is -0.316. The molecule has 0 saturated carbocycles. The topological polar surface area (TPSA) is 81.9 Å². The zero-order valence-electron chi connectivity index (χ0n) is 15.0. The normalized spacial score (nSPS) is 12.4. The highest BCUT2D eigenvalue weighted by Crippen LogP contribution is 2.32. The lowest BCUT2D eigenvalue weighted by Gasteiger charge is -2.10. The molecule has 5 rings (SSSR count). The van der Waals surface area contributed by atoms with Crippen molar-refractivity contribution in [1.82, 2.24) is 14.7 Å². The van der Waals surface area contributed by atoms with Crippen LogP contribution in [0.2, 0.25) is 0 Å². The van der Waals surface area contributed by atoms with Gasteiger partial charge < -0.3 is 14.8 Å². The average molecular weight is 452 g/mol. The summed E-state index contributed by atoms with van der Waals surface area (Å²) < 4.78 is 12.8. The quantitative estimate of drug-likeness (QED) is 0.483. The van der Waals surface area contributed by atoms with E-state index in [1.807, 2.05) is 24.3 Å². The van der Waals surface area contributed by atoms with E-state index in [1.54, 1.807) is 30.5 Å². The molecule has 144 valence electrons. The predicted octanol–water partition coefficient (Wildman–Crippen LogP) is 3.27. The molecular weight excluding hydrogens is 438 g/mol. The van der Waals surface area contributed by atoms with Gasteiger partial charge in [-0.2, -0.15) is 0 Å². The van der Waals surface area contributed by atoms with Gasteiger partial charge in [0.05, 0.1) is 16.5 Å². The number of nitrogens with zero attached hydrogens (tertiary/aromatic N) is 2. The maximum absolute atomic E-state index is 12.8. The van der Waals surface area contributed by atoms with Crippen LogP contribution >= 0.6 is 15.9 Å². The average Bonchev–Trinajstić information content (AvgIpc) is 3.20. The molecule has 0 aliphatic carbocycles. The van der Waals surface area contributed by atoms with Gasteiger partial charge in [-0.1, -0.05) is 22.0 Å². The number of benzene rings is 2. The Morgan fingerprint density at radius 2 is 2.00 bits per heavy atom. The number of aromatic nitrogens is 2. The second-order valence-electron chi connectivity index (χ2n) is 6.56. The minimum Gasteiger partial charge on any atom is -0.454 e. The van der Waals surface area contributed by atoms with Crippen molar-refractivity contribution in [2.45, 2.75) is 6.54 Å². The van der Waals surface area contributed by atoms with Crippen LogP contribution in [0.15, 0.2) is 64.0 Å². The Morgan fingerprint density at radius 1 is 1.14 bits per heavy atom. The third-order valence-electron chi connectivity index (χ3n) is 4.74. The zero-order chi connectivity index (χ0) is 20.0. The monoisotopic (exact) mass is 451 g/mol. The summed E-state index contributed by atoms with van der Waals surface area (Å²) in [6.45, 7) is 0.507. The summed E-state index contributed by atoms with van der Waals surface area (Å²) in [6.07, 6.45) is 1.61. The fourth-order valence-electron chi connectivity index (χ4n) is 3.30. The van der Waals surface area contributed by atoms with Gasteiger partial charge in [-0.15, -0.1) is 0 Å². The van der Waals surface area contributed by atoms with Crippen molar-refractivity contribution in [3.8, 4) is 11.5 Å². The van der Waals surface area contributed by atoms with Crippen LogP contribution < -0.4 is 20.3 Å². The van der Waals surface area contributed by atoms with E-state index in [4.69, 9.17) is 9.47 Å². The molecule has 3 heterocycles. The van der Waals surface area contributed by atoms with E-state index in [-0.39, 0.29) is 18.3 Å². The smallest absolute Gasteiger partial charge is 0.265 e. The number of ether oxygens (including phenoxy) is 2. The van der Waals surface area contributed by atoms with Gasteiger partial charge in [0.2, 0.25) is 6.79 Å². The van der Waals surface area contributed by atoms with Crippen molar-refractivity contribution in [1.29, 1.82) is 0 Å². The second-order valence-corrected chi connectivity index (χ2v) is 7.48. The summed E-state index contributed by atoms with van der Waals surface area (Å²) >= 11 is 3.37. The number of pyridine rings is 1. The van der Waals surface area contributed by atoms with Crippen molar-refractivity contribution >= 4 is 38.4 Å². The summed E-state index contributed by atoms with van der Waals surface area (Å²) in [4.78, 5) is 30.2. The lowest BCUT2D eigenvalue weighted by molar-refractivity contribution is 0.0952. The van der Waals surface area contributed by atoms with Crippen molar-refractivity contribution in [2.24, 2.45) is 0 Å². The summed E-state index contributed by atoms with van der Waals surface area (Å²) in [7, 11) is 0. The number of carbonyl (C=O) groups excluding carboxylic acids is 1. The number of nitrogens with one attached hydrogen (secondary N) is 1. The van der Waals surface area contributed by atoms with Gasteiger partial charge in [-0.25, -0.2) is 4.98 Å². The molecule has 4 aromatic rings. The Bertz CT molecular complexity index is 1350. The minimum absolute atomic E-state index is 0.200. The van der Waals surface area contributed by atoms with E-state index in [0.29, 0.717) is 40.2 Å². The van der Waals surface area contributed by atoms with E-state index < -0.39 is 0 Å². The van der Waals surface area contributed by atoms with Crippen LogP contribution in [-0.4, -0.2) is 22.1 Å². The van der Waals surface area contributed by atoms with Crippen LogP contribution in [0.25, 0.3) is 16.6 Å². The van der Waals surface area contributed by atoms with Gasteiger partial charge in [0.1, 0.15) is 0 Å². The molecule has 2 aromatic heterocycles. The van der Waals surface area contributed by atoms with Crippen molar-refractivity contribution in [3.63, 3.8) is 0 Å². The Morgan fingerprint density at radius 3 is 2.90 bits per heavy atom. The predicted molar refractivity (Wildman–Crippen MR) is 110 cm³/mol. The number of rotatable bonds is 3.